The van der Waals surface area contributed by atoms with Crippen molar-refractivity contribution < 1.29 is 23.9 Å². The van der Waals surface area contributed by atoms with Crippen LogP contribution in [-0.4, -0.2) is 53.9 Å². The van der Waals surface area contributed by atoms with Gasteiger partial charge in [0.15, 0.2) is 5.78 Å². The van der Waals surface area contributed by atoms with Crippen molar-refractivity contribution in [2.24, 2.45) is 0 Å². The summed E-state index contributed by atoms with van der Waals surface area (Å²) in [6.45, 7) is 6.04. The van der Waals surface area contributed by atoms with Crippen LogP contribution in [0.5, 0.6) is 5.75 Å². The Morgan fingerprint density at radius 1 is 1.09 bits per heavy atom. The molecule has 1 aromatic carbocycles. The molecule has 1 aromatic heterocycles. The molecule has 0 N–H and O–H groups in total. The number of hydrogen-bond donors (Lipinski definition) is 0. The van der Waals surface area contributed by atoms with Gasteiger partial charge in [-0.1, -0.05) is 25.3 Å². The highest BCUT2D eigenvalue weighted by atomic mass is 16.5. The summed E-state index contributed by atoms with van der Waals surface area (Å²) in [6, 6.07) is 7.05. The molecule has 0 unspecified atom stereocenters. The number of hydrogen-bond acceptors (Lipinski definition) is 5. The van der Waals surface area contributed by atoms with Gasteiger partial charge in [0.2, 0.25) is 0 Å². The van der Waals surface area contributed by atoms with Crippen LogP contribution >= 0.6 is 0 Å². The molecule has 0 spiro atoms. The summed E-state index contributed by atoms with van der Waals surface area (Å²) in [5.74, 6) is -0.199. The van der Waals surface area contributed by atoms with Gasteiger partial charge < -0.3 is 18.9 Å². The topological polar surface area (TPSA) is 77.8 Å². The zero-order valence-electron chi connectivity index (χ0n) is 20.3. The molecule has 0 atom stereocenters. The summed E-state index contributed by atoms with van der Waals surface area (Å²) in [5.41, 5.74) is 2.71. The molecule has 0 aliphatic heterocycles. The van der Waals surface area contributed by atoms with E-state index in [0.717, 1.165) is 37.8 Å². The van der Waals surface area contributed by atoms with Gasteiger partial charge in [0.05, 0.1) is 20.8 Å². The predicted octanol–water partition coefficient (Wildman–Crippen LogP) is 4.58. The second-order valence-corrected chi connectivity index (χ2v) is 8.55. The molecule has 1 fully saturated rings. The third-order valence-electron chi connectivity index (χ3n) is 6.65. The first-order valence-electron chi connectivity index (χ1n) is 11.6. The lowest BCUT2D eigenvalue weighted by atomic mass is 9.93. The summed E-state index contributed by atoms with van der Waals surface area (Å²) < 4.78 is 12.1. The number of rotatable bonds is 8. The molecule has 3 rings (SSSR count). The largest absolute Gasteiger partial charge is 0.497 e. The normalized spacial score (nSPS) is 14.1. The highest BCUT2D eigenvalue weighted by molar-refractivity contribution is 6.06. The van der Waals surface area contributed by atoms with E-state index in [2.05, 4.69) is 0 Å². The molecule has 1 amide bonds. The summed E-state index contributed by atoms with van der Waals surface area (Å²) in [6.07, 6.45) is 4.98. The smallest absolute Gasteiger partial charge is 0.354 e. The van der Waals surface area contributed by atoms with Gasteiger partial charge in [-0.05, 0) is 57.4 Å². The van der Waals surface area contributed by atoms with Crippen molar-refractivity contribution in [3.8, 4) is 5.75 Å². The monoisotopic (exact) mass is 454 g/mol. The van der Waals surface area contributed by atoms with Gasteiger partial charge >= 0.3 is 5.97 Å². The van der Waals surface area contributed by atoms with Gasteiger partial charge in [-0.15, -0.1) is 0 Å². The van der Waals surface area contributed by atoms with Crippen LogP contribution in [0, 0.1) is 13.8 Å². The van der Waals surface area contributed by atoms with Gasteiger partial charge in [-0.2, -0.15) is 0 Å². The Labute approximate surface area is 195 Å². The first kappa shape index (κ1) is 24.6. The number of carbonyl (C=O) groups excluding carboxylic acids is 3. The van der Waals surface area contributed by atoms with Crippen molar-refractivity contribution in [3.05, 3.63) is 52.3 Å². The molecular weight excluding hydrogens is 420 g/mol. The fourth-order valence-corrected chi connectivity index (χ4v) is 4.98. The highest BCUT2D eigenvalue weighted by Crippen LogP contribution is 2.28. The third-order valence-corrected chi connectivity index (χ3v) is 6.65. The Balaban J connectivity index is 1.98. The second-order valence-electron chi connectivity index (χ2n) is 8.55. The molecule has 33 heavy (non-hydrogen) atoms. The third kappa shape index (κ3) is 4.97. The number of ketones is 1. The number of nitrogens with zero attached hydrogens (tertiary/aromatic N) is 2. The van der Waals surface area contributed by atoms with Crippen molar-refractivity contribution in [3.63, 3.8) is 0 Å². The van der Waals surface area contributed by atoms with Crippen LogP contribution in [0.3, 0.4) is 0 Å². The van der Waals surface area contributed by atoms with Crippen molar-refractivity contribution in [2.75, 3.05) is 20.8 Å². The molecule has 1 aliphatic rings. The summed E-state index contributed by atoms with van der Waals surface area (Å²) in [7, 11) is 2.90. The maximum atomic E-state index is 13.6. The zero-order chi connectivity index (χ0) is 24.1. The lowest BCUT2D eigenvalue weighted by Crippen LogP contribution is -2.44. The van der Waals surface area contributed by atoms with Crippen LogP contribution in [-0.2, 0) is 11.3 Å². The molecule has 178 valence electrons. The Kier molecular flexibility index (Phi) is 7.95. The van der Waals surface area contributed by atoms with Crippen molar-refractivity contribution in [2.45, 2.75) is 65.5 Å². The van der Waals surface area contributed by atoms with E-state index >= 15 is 0 Å². The van der Waals surface area contributed by atoms with Gasteiger partial charge in [-0.3, -0.25) is 9.59 Å². The average Bonchev–Trinajstić information content (AvgIpc) is 3.11. The lowest BCUT2D eigenvalue weighted by Gasteiger charge is -2.34. The number of ether oxygens (including phenoxy) is 2. The molecule has 0 bridgehead atoms. The second kappa shape index (κ2) is 10.7. The van der Waals surface area contributed by atoms with Gasteiger partial charge in [0.25, 0.3) is 5.91 Å². The van der Waals surface area contributed by atoms with E-state index in [4.69, 9.17) is 9.47 Å². The fourth-order valence-electron chi connectivity index (χ4n) is 4.98. The van der Waals surface area contributed by atoms with E-state index < -0.39 is 5.97 Å². The minimum absolute atomic E-state index is 0.00958. The van der Waals surface area contributed by atoms with Crippen molar-refractivity contribution in [1.29, 1.82) is 0 Å². The highest BCUT2D eigenvalue weighted by Gasteiger charge is 2.32. The van der Waals surface area contributed by atoms with E-state index in [0.29, 0.717) is 34.7 Å². The Bertz CT molecular complexity index is 1030. The Morgan fingerprint density at radius 2 is 1.79 bits per heavy atom. The molecular formula is C26H34N2O5. The lowest BCUT2D eigenvalue weighted by molar-refractivity contribution is 0.0584. The minimum Gasteiger partial charge on any atom is -0.497 e. The number of benzene rings is 1. The van der Waals surface area contributed by atoms with Crippen LogP contribution in [0.2, 0.25) is 0 Å². The van der Waals surface area contributed by atoms with Crippen LogP contribution in [0.1, 0.15) is 81.5 Å². The van der Waals surface area contributed by atoms with Crippen LogP contribution in [0.25, 0.3) is 0 Å². The first-order valence-corrected chi connectivity index (χ1v) is 11.6. The van der Waals surface area contributed by atoms with Crippen molar-refractivity contribution >= 4 is 17.7 Å². The standard InChI is InChI=1S/C26H34N2O5/c1-6-27-18(3)23(17(2)24(27)26(31)33-5)22(29)16-28(20-12-8-7-9-13-20)25(30)19-11-10-14-21(15-19)32-4/h10-11,14-15,20H,6-9,12-13,16H2,1-5H3. The molecule has 2 aromatic rings. The predicted molar refractivity (Wildman–Crippen MR) is 126 cm³/mol. The van der Waals surface area contributed by atoms with Crippen molar-refractivity contribution in [1.82, 2.24) is 9.47 Å². The average molecular weight is 455 g/mol. The summed E-state index contributed by atoms with van der Waals surface area (Å²) in [5, 5.41) is 0. The van der Waals surface area contributed by atoms with E-state index in [9.17, 15) is 14.4 Å². The van der Waals surface area contributed by atoms with E-state index in [-0.39, 0.29) is 24.3 Å². The molecule has 1 saturated carbocycles. The minimum atomic E-state index is -0.465. The molecule has 7 heteroatoms. The fraction of sp³-hybridized carbons (Fsp3) is 0.500. The maximum absolute atomic E-state index is 13.6. The van der Waals surface area contributed by atoms with Crippen LogP contribution in [0.4, 0.5) is 0 Å². The summed E-state index contributed by atoms with van der Waals surface area (Å²) in [4.78, 5) is 41.3. The Morgan fingerprint density at radius 3 is 2.39 bits per heavy atom. The summed E-state index contributed by atoms with van der Waals surface area (Å²) >= 11 is 0. The van der Waals surface area contributed by atoms with Crippen LogP contribution < -0.4 is 4.74 Å². The number of aromatic nitrogens is 1. The molecule has 7 nitrogen and oxygen atoms in total. The first-order chi connectivity index (χ1) is 15.8. The van der Waals surface area contributed by atoms with E-state index in [1.165, 1.54) is 7.11 Å². The van der Waals surface area contributed by atoms with Gasteiger partial charge in [-0.25, -0.2) is 4.79 Å². The number of methoxy groups -OCH3 is 2. The zero-order valence-corrected chi connectivity index (χ0v) is 20.3. The SMILES string of the molecule is CCn1c(C)c(C(=O)CN(C(=O)c2cccc(OC)c2)C2CCCCC2)c(C)c1C(=O)OC. The van der Waals surface area contributed by atoms with E-state index in [1.54, 1.807) is 43.2 Å². The number of esters is 1. The van der Waals surface area contributed by atoms with Gasteiger partial charge in [0, 0.05) is 29.4 Å². The number of amides is 1. The van der Waals surface area contributed by atoms with E-state index in [1.807, 2.05) is 18.4 Å². The van der Waals surface area contributed by atoms with Gasteiger partial charge in [0.1, 0.15) is 11.4 Å². The van der Waals surface area contributed by atoms with Crippen LogP contribution in [0.15, 0.2) is 24.3 Å². The molecule has 0 saturated heterocycles. The maximum Gasteiger partial charge on any atom is 0.354 e. The Hall–Kier alpha value is -3.09. The number of carbonyl (C=O) groups is 3. The molecule has 1 heterocycles. The molecule has 0 radical (unpaired) electrons. The number of Topliss-reactive ketones (excluding diaryl/α,β-unsaturated/α-hetero) is 1. The quantitative estimate of drug-likeness (QED) is 0.431. The molecule has 1 aliphatic carbocycles.